The highest BCUT2D eigenvalue weighted by molar-refractivity contribution is 7.16. The van der Waals surface area contributed by atoms with Crippen LogP contribution in [0.4, 0.5) is 4.79 Å². The van der Waals surface area contributed by atoms with Gasteiger partial charge in [-0.05, 0) is 101 Å². The number of hydrogen-bond donors (Lipinski definition) is 1. The van der Waals surface area contributed by atoms with E-state index in [1.165, 1.54) is 0 Å². The fraction of sp³-hybridized carbons (Fsp3) is 0.372. The Balaban J connectivity index is 1.49. The summed E-state index contributed by atoms with van der Waals surface area (Å²) >= 11 is 1.55. The smallest absolute Gasteiger partial charge is 0.411 e. The Bertz CT molecular complexity index is 2060. The predicted molar refractivity (Wildman–Crippen MR) is 209 cm³/mol. The van der Waals surface area contributed by atoms with Crippen LogP contribution >= 0.6 is 11.3 Å². The molecule has 278 valence electrons. The number of hydrogen-bond acceptors (Lipinski definition) is 8. The maximum absolute atomic E-state index is 13.6. The molecule has 0 unspecified atom stereocenters. The molecule has 9 nitrogen and oxygen atoms in total. The molecule has 0 saturated carbocycles. The normalized spacial score (nSPS) is 13.8. The van der Waals surface area contributed by atoms with Crippen molar-refractivity contribution < 1.29 is 28.3 Å². The van der Waals surface area contributed by atoms with E-state index in [1.807, 2.05) is 108 Å². The van der Waals surface area contributed by atoms with E-state index in [0.717, 1.165) is 49.1 Å². The molecular formula is C43H49N3O6S. The summed E-state index contributed by atoms with van der Waals surface area (Å²) in [7, 11) is 0. The first-order chi connectivity index (χ1) is 25.3. The number of rotatable bonds is 11. The summed E-state index contributed by atoms with van der Waals surface area (Å²) in [4.78, 5) is 30.7. The van der Waals surface area contributed by atoms with Crippen LogP contribution in [-0.2, 0) is 29.9 Å². The number of amides is 2. The highest BCUT2D eigenvalue weighted by Gasteiger charge is 2.42. The zero-order valence-corrected chi connectivity index (χ0v) is 32.7. The number of ether oxygens (including phenoxy) is 3. The lowest BCUT2D eigenvalue weighted by molar-refractivity contribution is 0.000525. The number of nitrogens with one attached hydrogen (secondary N) is 1. The second-order valence-electron chi connectivity index (χ2n) is 15.1. The van der Waals surface area contributed by atoms with Crippen LogP contribution in [0.25, 0.3) is 21.8 Å². The Labute approximate surface area is 316 Å². The van der Waals surface area contributed by atoms with Gasteiger partial charge in [0, 0.05) is 34.0 Å². The third-order valence-electron chi connectivity index (χ3n) is 9.23. The van der Waals surface area contributed by atoms with Crippen molar-refractivity contribution in [2.45, 2.75) is 92.1 Å². The number of thiophene rings is 1. The first-order valence-electron chi connectivity index (χ1n) is 18.2. The molecule has 1 N–H and O–H groups in total. The average Bonchev–Trinajstić information content (AvgIpc) is 3.75. The van der Waals surface area contributed by atoms with Crippen molar-refractivity contribution in [2.24, 2.45) is 0 Å². The molecule has 6 rings (SSSR count). The molecule has 5 aromatic rings. The SMILES string of the molecule is CCNC(=O)c1noc(-c2cc(C(C)C)c(OCc3ccccc3)cc2COc2ccccc2)c1-c1cc2c(s1)C(C)(C)N(C(=O)OC(C)(C)C)CC2. The van der Waals surface area contributed by atoms with Crippen LogP contribution < -0.4 is 14.8 Å². The number of para-hydroxylation sites is 1. The summed E-state index contributed by atoms with van der Waals surface area (Å²) in [5, 5.41) is 7.33. The largest absolute Gasteiger partial charge is 0.489 e. The Morgan fingerprint density at radius 1 is 0.981 bits per heavy atom. The molecule has 3 aromatic carbocycles. The third kappa shape index (κ3) is 8.28. The van der Waals surface area contributed by atoms with Crippen LogP contribution in [0.15, 0.2) is 83.4 Å². The third-order valence-corrected chi connectivity index (χ3v) is 10.7. The van der Waals surface area contributed by atoms with Crippen LogP contribution in [0.3, 0.4) is 0 Å². The molecule has 2 aromatic heterocycles. The van der Waals surface area contributed by atoms with Crippen molar-refractivity contribution in [3.8, 4) is 33.3 Å². The summed E-state index contributed by atoms with van der Waals surface area (Å²) in [6.45, 7) is 17.4. The van der Waals surface area contributed by atoms with Gasteiger partial charge in [-0.3, -0.25) is 9.69 Å². The second kappa shape index (κ2) is 15.5. The Hall–Kier alpha value is -5.09. The first kappa shape index (κ1) is 37.7. The van der Waals surface area contributed by atoms with E-state index in [4.69, 9.17) is 18.7 Å². The van der Waals surface area contributed by atoms with Gasteiger partial charge in [-0.2, -0.15) is 0 Å². The van der Waals surface area contributed by atoms with Gasteiger partial charge in [-0.1, -0.05) is 67.5 Å². The van der Waals surface area contributed by atoms with E-state index in [1.54, 1.807) is 16.2 Å². The lowest BCUT2D eigenvalue weighted by atomic mass is 9.90. The van der Waals surface area contributed by atoms with Gasteiger partial charge in [0.05, 0.1) is 11.1 Å². The van der Waals surface area contributed by atoms with Crippen molar-refractivity contribution in [1.82, 2.24) is 15.4 Å². The standard InChI is InChI=1S/C43H49N3O6S/c1-9-44-40(47)37-36(35-23-29-20-21-46(41(48)51-42(4,5)6)43(7,8)39(29)53-35)38(52-45-37)33-24-32(27(2)3)34(50-25-28-16-12-10-13-17-28)22-30(33)26-49-31-18-14-11-15-19-31/h10-19,22-24,27H,9,20-21,25-26H2,1-8H3,(H,44,47). The van der Waals surface area contributed by atoms with Crippen LogP contribution in [0.5, 0.6) is 11.5 Å². The second-order valence-corrected chi connectivity index (χ2v) is 16.1. The maximum atomic E-state index is 13.6. The van der Waals surface area contributed by atoms with E-state index in [-0.39, 0.29) is 30.2 Å². The Morgan fingerprint density at radius 2 is 1.68 bits per heavy atom. The van der Waals surface area contributed by atoms with E-state index in [2.05, 4.69) is 36.5 Å². The summed E-state index contributed by atoms with van der Waals surface area (Å²) in [6.07, 6.45) is 0.294. The average molecular weight is 736 g/mol. The van der Waals surface area contributed by atoms with Crippen LogP contribution in [0, 0.1) is 0 Å². The molecule has 0 spiro atoms. The first-order valence-corrected chi connectivity index (χ1v) is 19.0. The van der Waals surface area contributed by atoms with Crippen molar-refractivity contribution in [3.63, 3.8) is 0 Å². The van der Waals surface area contributed by atoms with Gasteiger partial charge >= 0.3 is 6.09 Å². The van der Waals surface area contributed by atoms with Crippen molar-refractivity contribution in [3.05, 3.63) is 112 Å². The lowest BCUT2D eigenvalue weighted by Gasteiger charge is -2.42. The number of nitrogens with zero attached hydrogens (tertiary/aromatic N) is 2. The van der Waals surface area contributed by atoms with E-state index in [9.17, 15) is 9.59 Å². The highest BCUT2D eigenvalue weighted by atomic mass is 32.1. The molecule has 0 saturated heterocycles. The summed E-state index contributed by atoms with van der Waals surface area (Å²) < 4.78 is 24.8. The summed E-state index contributed by atoms with van der Waals surface area (Å²) in [6, 6.07) is 26.0. The number of fused-ring (bicyclic) bond motifs is 1. The fourth-order valence-corrected chi connectivity index (χ4v) is 7.95. The molecule has 0 atom stereocenters. The summed E-state index contributed by atoms with van der Waals surface area (Å²) in [5.41, 5.74) is 4.27. The Morgan fingerprint density at radius 3 is 2.34 bits per heavy atom. The van der Waals surface area contributed by atoms with Crippen molar-refractivity contribution in [2.75, 3.05) is 13.1 Å². The predicted octanol–water partition coefficient (Wildman–Crippen LogP) is 10.1. The van der Waals surface area contributed by atoms with Gasteiger partial charge in [0.2, 0.25) is 0 Å². The fourth-order valence-electron chi connectivity index (χ4n) is 6.59. The van der Waals surface area contributed by atoms with E-state index >= 15 is 0 Å². The molecule has 0 fully saturated rings. The minimum absolute atomic E-state index is 0.103. The van der Waals surface area contributed by atoms with Gasteiger partial charge in [0.15, 0.2) is 11.5 Å². The molecule has 0 aliphatic carbocycles. The minimum atomic E-state index is -0.654. The van der Waals surface area contributed by atoms with E-state index in [0.29, 0.717) is 37.4 Å². The van der Waals surface area contributed by atoms with Crippen LogP contribution in [0.2, 0.25) is 0 Å². The minimum Gasteiger partial charge on any atom is -0.489 e. The van der Waals surface area contributed by atoms with Crippen molar-refractivity contribution in [1.29, 1.82) is 0 Å². The molecule has 0 radical (unpaired) electrons. The van der Waals surface area contributed by atoms with Crippen LogP contribution in [0.1, 0.15) is 98.9 Å². The van der Waals surface area contributed by atoms with Crippen molar-refractivity contribution >= 4 is 23.3 Å². The number of carbonyl (C=O) groups excluding carboxylic acids is 2. The maximum Gasteiger partial charge on any atom is 0.411 e. The van der Waals surface area contributed by atoms with Gasteiger partial charge in [0.1, 0.15) is 30.3 Å². The zero-order chi connectivity index (χ0) is 37.9. The molecule has 0 bridgehead atoms. The van der Waals surface area contributed by atoms with Gasteiger partial charge in [-0.25, -0.2) is 4.79 Å². The number of aromatic nitrogens is 1. The molecule has 3 heterocycles. The Kier molecular flexibility index (Phi) is 11.0. The molecule has 1 aliphatic rings. The van der Waals surface area contributed by atoms with Gasteiger partial charge < -0.3 is 24.1 Å². The number of carbonyl (C=O) groups is 2. The molecular weight excluding hydrogens is 687 g/mol. The van der Waals surface area contributed by atoms with Gasteiger partial charge in [-0.15, -0.1) is 11.3 Å². The van der Waals surface area contributed by atoms with Crippen LogP contribution in [-0.4, -0.2) is 40.7 Å². The molecule has 2 amide bonds. The summed E-state index contributed by atoms with van der Waals surface area (Å²) in [5.74, 6) is 1.72. The topological polar surface area (TPSA) is 103 Å². The molecule has 53 heavy (non-hydrogen) atoms. The monoisotopic (exact) mass is 735 g/mol. The quantitative estimate of drug-likeness (QED) is 0.144. The molecule has 10 heteroatoms. The van der Waals surface area contributed by atoms with E-state index < -0.39 is 11.1 Å². The van der Waals surface area contributed by atoms with Gasteiger partial charge in [0.25, 0.3) is 5.91 Å². The number of benzene rings is 3. The molecule has 1 aliphatic heterocycles. The highest BCUT2D eigenvalue weighted by Crippen LogP contribution is 2.48. The lowest BCUT2D eigenvalue weighted by Crippen LogP contribution is -2.50. The zero-order valence-electron chi connectivity index (χ0n) is 31.9.